The van der Waals surface area contributed by atoms with Crippen molar-refractivity contribution in [3.05, 3.63) is 24.7 Å². The minimum atomic E-state index is 0.354. The number of pyridine rings is 1. The molecule has 0 aromatic carbocycles. The van der Waals surface area contributed by atoms with Gasteiger partial charge in [-0.2, -0.15) is 4.98 Å². The van der Waals surface area contributed by atoms with E-state index in [1.165, 1.54) is 0 Å². The zero-order chi connectivity index (χ0) is 10.5. The highest BCUT2D eigenvalue weighted by Crippen LogP contribution is 2.11. The molecule has 0 aliphatic carbocycles. The zero-order valence-electron chi connectivity index (χ0n) is 8.38. The molecule has 0 N–H and O–H groups in total. The lowest BCUT2D eigenvalue weighted by atomic mass is 10.3. The van der Waals surface area contributed by atoms with E-state index >= 15 is 0 Å². The molecule has 0 fully saturated rings. The van der Waals surface area contributed by atoms with Crippen LogP contribution in [0.15, 0.2) is 24.7 Å². The van der Waals surface area contributed by atoms with E-state index in [4.69, 9.17) is 9.47 Å². The number of rotatable bonds is 4. The first-order valence-electron chi connectivity index (χ1n) is 4.58. The highest BCUT2D eigenvalue weighted by molar-refractivity contribution is 5.76. The Bertz CT molecular complexity index is 447. The Morgan fingerprint density at radius 3 is 3.07 bits per heavy atom. The number of nitrogens with zero attached hydrogens (tertiary/aromatic N) is 3. The van der Waals surface area contributed by atoms with Gasteiger partial charge < -0.3 is 9.47 Å². The highest BCUT2D eigenvalue weighted by Gasteiger charge is 1.99. The van der Waals surface area contributed by atoms with Gasteiger partial charge in [0.25, 0.3) is 0 Å². The molecule has 0 atom stereocenters. The summed E-state index contributed by atoms with van der Waals surface area (Å²) in [5.74, 6) is 0. The predicted octanol–water partition coefficient (Wildman–Crippen LogP) is 1.05. The number of ether oxygens (including phenoxy) is 2. The van der Waals surface area contributed by atoms with Gasteiger partial charge in [0, 0.05) is 24.9 Å². The fourth-order valence-electron chi connectivity index (χ4n) is 1.14. The second-order valence-electron chi connectivity index (χ2n) is 2.93. The Morgan fingerprint density at radius 1 is 1.27 bits per heavy atom. The number of methoxy groups -OCH3 is 1. The molecule has 0 radical (unpaired) electrons. The van der Waals surface area contributed by atoms with E-state index in [9.17, 15) is 0 Å². The number of hydrogen-bond donors (Lipinski definition) is 0. The van der Waals surface area contributed by atoms with Gasteiger partial charge in [-0.1, -0.05) is 0 Å². The molecule has 0 spiro atoms. The van der Waals surface area contributed by atoms with Crippen molar-refractivity contribution in [2.45, 2.75) is 0 Å². The maximum Gasteiger partial charge on any atom is 0.317 e. The maximum absolute atomic E-state index is 5.28. The van der Waals surface area contributed by atoms with Crippen LogP contribution in [-0.2, 0) is 4.74 Å². The van der Waals surface area contributed by atoms with Crippen molar-refractivity contribution in [1.29, 1.82) is 0 Å². The van der Waals surface area contributed by atoms with Crippen LogP contribution in [0.5, 0.6) is 6.01 Å². The minimum absolute atomic E-state index is 0.354. The summed E-state index contributed by atoms with van der Waals surface area (Å²) in [6.45, 7) is 0.969. The van der Waals surface area contributed by atoms with E-state index in [1.54, 1.807) is 25.7 Å². The molecule has 2 aromatic rings. The van der Waals surface area contributed by atoms with Gasteiger partial charge >= 0.3 is 6.01 Å². The van der Waals surface area contributed by atoms with E-state index in [0.717, 1.165) is 10.9 Å². The van der Waals surface area contributed by atoms with Crippen molar-refractivity contribution in [2.75, 3.05) is 20.3 Å². The molecule has 78 valence electrons. The minimum Gasteiger partial charge on any atom is -0.461 e. The van der Waals surface area contributed by atoms with Crippen LogP contribution in [-0.4, -0.2) is 35.3 Å². The van der Waals surface area contributed by atoms with E-state index in [1.807, 2.05) is 6.07 Å². The summed E-state index contributed by atoms with van der Waals surface area (Å²) in [4.78, 5) is 12.2. The normalized spacial score (nSPS) is 10.5. The fourth-order valence-corrected chi connectivity index (χ4v) is 1.14. The first-order valence-corrected chi connectivity index (χ1v) is 4.58. The molecular formula is C10H11N3O2. The van der Waals surface area contributed by atoms with Gasteiger partial charge in [-0.15, -0.1) is 0 Å². The monoisotopic (exact) mass is 205 g/mol. The number of fused-ring (bicyclic) bond motifs is 1. The highest BCUT2D eigenvalue weighted by atomic mass is 16.5. The van der Waals surface area contributed by atoms with Gasteiger partial charge in [-0.05, 0) is 6.07 Å². The predicted molar refractivity (Wildman–Crippen MR) is 54.7 cm³/mol. The molecule has 2 heterocycles. The van der Waals surface area contributed by atoms with E-state index in [0.29, 0.717) is 19.2 Å². The Balaban J connectivity index is 2.16. The molecule has 15 heavy (non-hydrogen) atoms. The molecular weight excluding hydrogens is 194 g/mol. The largest absolute Gasteiger partial charge is 0.461 e. The average Bonchev–Trinajstić information content (AvgIpc) is 2.29. The number of hydrogen-bond acceptors (Lipinski definition) is 5. The summed E-state index contributed by atoms with van der Waals surface area (Å²) in [6, 6.07) is 2.21. The quantitative estimate of drug-likeness (QED) is 0.698. The van der Waals surface area contributed by atoms with Crippen LogP contribution in [0.3, 0.4) is 0 Å². The summed E-state index contributed by atoms with van der Waals surface area (Å²) in [5.41, 5.74) is 0.778. The van der Waals surface area contributed by atoms with Crippen molar-refractivity contribution >= 4 is 10.9 Å². The maximum atomic E-state index is 5.28. The molecule has 0 unspecified atom stereocenters. The lowest BCUT2D eigenvalue weighted by Gasteiger charge is -2.03. The van der Waals surface area contributed by atoms with Crippen LogP contribution < -0.4 is 4.74 Å². The van der Waals surface area contributed by atoms with Crippen LogP contribution in [0.1, 0.15) is 0 Å². The molecule has 0 aliphatic rings. The molecule has 5 nitrogen and oxygen atoms in total. The van der Waals surface area contributed by atoms with Crippen LogP contribution in [0, 0.1) is 0 Å². The lowest BCUT2D eigenvalue weighted by Crippen LogP contribution is -2.06. The SMILES string of the molecule is COCCOc1ncc2ccncc2n1. The fraction of sp³-hybridized carbons (Fsp3) is 0.300. The summed E-state index contributed by atoms with van der Waals surface area (Å²) in [7, 11) is 1.62. The first-order chi connectivity index (χ1) is 7.40. The number of aromatic nitrogens is 3. The van der Waals surface area contributed by atoms with Gasteiger partial charge in [0.05, 0.1) is 18.3 Å². The van der Waals surface area contributed by atoms with E-state index in [-0.39, 0.29) is 0 Å². The zero-order valence-corrected chi connectivity index (χ0v) is 8.38. The Hall–Kier alpha value is -1.75. The van der Waals surface area contributed by atoms with Crippen LogP contribution >= 0.6 is 0 Å². The third kappa shape index (κ3) is 2.38. The Labute approximate surface area is 87.1 Å². The van der Waals surface area contributed by atoms with Gasteiger partial charge in [0.15, 0.2) is 0 Å². The topological polar surface area (TPSA) is 57.1 Å². The van der Waals surface area contributed by atoms with Crippen molar-refractivity contribution in [3.8, 4) is 6.01 Å². The van der Waals surface area contributed by atoms with Gasteiger partial charge in [-0.3, -0.25) is 4.98 Å². The molecule has 5 heteroatoms. The summed E-state index contributed by atoms with van der Waals surface area (Å²) < 4.78 is 10.1. The second kappa shape index (κ2) is 4.65. The van der Waals surface area contributed by atoms with Crippen LogP contribution in [0.2, 0.25) is 0 Å². The van der Waals surface area contributed by atoms with Crippen molar-refractivity contribution in [3.63, 3.8) is 0 Å². The Morgan fingerprint density at radius 2 is 2.20 bits per heavy atom. The third-order valence-corrected chi connectivity index (χ3v) is 1.88. The van der Waals surface area contributed by atoms with Crippen LogP contribution in [0.25, 0.3) is 10.9 Å². The lowest BCUT2D eigenvalue weighted by molar-refractivity contribution is 0.141. The van der Waals surface area contributed by atoms with Gasteiger partial charge in [0.1, 0.15) is 6.61 Å². The molecule has 0 amide bonds. The molecule has 2 rings (SSSR count). The Kier molecular flexibility index (Phi) is 3.04. The molecule has 0 bridgehead atoms. The van der Waals surface area contributed by atoms with E-state index < -0.39 is 0 Å². The van der Waals surface area contributed by atoms with Gasteiger partial charge in [-0.25, -0.2) is 4.98 Å². The third-order valence-electron chi connectivity index (χ3n) is 1.88. The van der Waals surface area contributed by atoms with Crippen molar-refractivity contribution in [1.82, 2.24) is 15.0 Å². The standard InChI is InChI=1S/C10H11N3O2/c1-14-4-5-15-10-12-6-8-2-3-11-7-9(8)13-10/h2-3,6-7H,4-5H2,1H3. The smallest absolute Gasteiger partial charge is 0.317 e. The molecule has 2 aromatic heterocycles. The van der Waals surface area contributed by atoms with Crippen LogP contribution in [0.4, 0.5) is 0 Å². The molecule has 0 aliphatic heterocycles. The summed E-state index contributed by atoms with van der Waals surface area (Å²) >= 11 is 0. The first kappa shape index (κ1) is 9.79. The molecule has 0 saturated heterocycles. The summed E-state index contributed by atoms with van der Waals surface area (Å²) in [6.07, 6.45) is 5.10. The second-order valence-corrected chi connectivity index (χ2v) is 2.93. The molecule has 0 saturated carbocycles. The average molecular weight is 205 g/mol. The van der Waals surface area contributed by atoms with E-state index in [2.05, 4.69) is 15.0 Å². The van der Waals surface area contributed by atoms with Crippen molar-refractivity contribution in [2.24, 2.45) is 0 Å². The summed E-state index contributed by atoms with van der Waals surface area (Å²) in [5, 5.41) is 0.948. The van der Waals surface area contributed by atoms with Gasteiger partial charge in [0.2, 0.25) is 0 Å². The van der Waals surface area contributed by atoms with Crippen molar-refractivity contribution < 1.29 is 9.47 Å².